The van der Waals surface area contributed by atoms with Crippen LogP contribution in [0.3, 0.4) is 0 Å². The first-order valence-electron chi connectivity index (χ1n) is 13.0. The van der Waals surface area contributed by atoms with Gasteiger partial charge in [0.05, 0.1) is 31.1 Å². The number of aliphatic hydroxyl groups is 1. The van der Waals surface area contributed by atoms with Crippen LogP contribution < -0.4 is 5.32 Å². The number of nitrogens with zero attached hydrogens (tertiary/aromatic N) is 1. The van der Waals surface area contributed by atoms with Crippen molar-refractivity contribution in [1.82, 2.24) is 10.2 Å². The molecule has 2 aliphatic rings. The Kier molecular flexibility index (Phi) is 9.49. The standard InChI is InChI=1S/C28H40N2O5/c1-5-11-18(4)29-26(32)25-22-15-14-20(6-2)23(28(34)35-7-3)24(22)27(33)30(25)21(17-31)16-19-12-9-8-10-13-19/h8-10,12-15,18,20-25,31H,5-7,11,16-17H2,1-4H3,(H,29,32)/t18?,20-,21-,22+,23-,24+,25+/m1/s1. The fourth-order valence-electron chi connectivity index (χ4n) is 5.76. The van der Waals surface area contributed by atoms with Crippen molar-refractivity contribution >= 4 is 17.8 Å². The molecule has 1 aromatic rings. The molecule has 35 heavy (non-hydrogen) atoms. The molecule has 192 valence electrons. The molecule has 7 nitrogen and oxygen atoms in total. The van der Waals surface area contributed by atoms with Crippen LogP contribution in [0.15, 0.2) is 42.5 Å². The zero-order valence-corrected chi connectivity index (χ0v) is 21.4. The van der Waals surface area contributed by atoms with Gasteiger partial charge in [0.15, 0.2) is 0 Å². The Morgan fingerprint density at radius 1 is 1.14 bits per heavy atom. The van der Waals surface area contributed by atoms with Crippen molar-refractivity contribution in [2.75, 3.05) is 13.2 Å². The predicted molar refractivity (Wildman–Crippen MR) is 134 cm³/mol. The van der Waals surface area contributed by atoms with Crippen molar-refractivity contribution in [3.05, 3.63) is 48.0 Å². The fourth-order valence-corrected chi connectivity index (χ4v) is 5.76. The van der Waals surface area contributed by atoms with Crippen molar-refractivity contribution < 1.29 is 24.2 Å². The number of nitrogens with one attached hydrogen (secondary N) is 1. The highest BCUT2D eigenvalue weighted by Crippen LogP contribution is 2.46. The Labute approximate surface area is 208 Å². The molecule has 0 saturated carbocycles. The Balaban J connectivity index is 2.02. The third-order valence-corrected chi connectivity index (χ3v) is 7.37. The second-order valence-electron chi connectivity index (χ2n) is 9.75. The molecule has 2 N–H and O–H groups in total. The van der Waals surface area contributed by atoms with Crippen molar-refractivity contribution in [3.8, 4) is 0 Å². The number of rotatable bonds is 11. The summed E-state index contributed by atoms with van der Waals surface area (Å²) in [6.45, 7) is 7.71. The Morgan fingerprint density at radius 2 is 1.86 bits per heavy atom. The van der Waals surface area contributed by atoms with Crippen LogP contribution in [0.4, 0.5) is 0 Å². The van der Waals surface area contributed by atoms with Crippen LogP contribution in [-0.2, 0) is 25.5 Å². The fraction of sp³-hybridized carbons (Fsp3) is 0.607. The summed E-state index contributed by atoms with van der Waals surface area (Å²) in [5.41, 5.74) is 0.969. The highest BCUT2D eigenvalue weighted by molar-refractivity contribution is 5.96. The first-order chi connectivity index (χ1) is 16.9. The summed E-state index contributed by atoms with van der Waals surface area (Å²) >= 11 is 0. The molecule has 7 atom stereocenters. The number of fused-ring (bicyclic) bond motifs is 1. The second kappa shape index (κ2) is 12.3. The maximum atomic E-state index is 14.0. The van der Waals surface area contributed by atoms with E-state index in [1.165, 1.54) is 0 Å². The number of carbonyl (C=O) groups is 3. The number of amides is 2. The van der Waals surface area contributed by atoms with Gasteiger partial charge in [0.1, 0.15) is 6.04 Å². The largest absolute Gasteiger partial charge is 0.466 e. The number of esters is 1. The van der Waals surface area contributed by atoms with Crippen LogP contribution in [0, 0.1) is 23.7 Å². The lowest BCUT2D eigenvalue weighted by molar-refractivity contribution is -0.156. The van der Waals surface area contributed by atoms with E-state index in [9.17, 15) is 19.5 Å². The molecule has 0 bridgehead atoms. The van der Waals surface area contributed by atoms with Gasteiger partial charge in [-0.2, -0.15) is 0 Å². The topological polar surface area (TPSA) is 95.9 Å². The number of hydrogen-bond acceptors (Lipinski definition) is 5. The van der Waals surface area contributed by atoms with Crippen LogP contribution in [-0.4, -0.2) is 59.1 Å². The van der Waals surface area contributed by atoms with Crippen LogP contribution in [0.1, 0.15) is 52.5 Å². The van der Waals surface area contributed by atoms with Crippen molar-refractivity contribution in [2.24, 2.45) is 23.7 Å². The van der Waals surface area contributed by atoms with Gasteiger partial charge in [-0.05, 0) is 44.6 Å². The summed E-state index contributed by atoms with van der Waals surface area (Å²) in [5, 5.41) is 13.5. The molecule has 3 rings (SSSR count). The van der Waals surface area contributed by atoms with E-state index in [-0.39, 0.29) is 37.0 Å². The lowest BCUT2D eigenvalue weighted by Crippen LogP contribution is -2.54. The highest BCUT2D eigenvalue weighted by Gasteiger charge is 2.58. The van der Waals surface area contributed by atoms with E-state index in [1.807, 2.05) is 56.3 Å². The minimum Gasteiger partial charge on any atom is -0.466 e. The first-order valence-corrected chi connectivity index (χ1v) is 13.0. The molecule has 1 aliphatic heterocycles. The zero-order chi connectivity index (χ0) is 25.5. The van der Waals surface area contributed by atoms with E-state index < -0.39 is 35.8 Å². The second-order valence-corrected chi connectivity index (χ2v) is 9.75. The molecule has 0 radical (unpaired) electrons. The number of likely N-dealkylation sites (tertiary alicyclic amines) is 1. The van der Waals surface area contributed by atoms with Gasteiger partial charge in [-0.3, -0.25) is 14.4 Å². The minimum atomic E-state index is -0.793. The summed E-state index contributed by atoms with van der Waals surface area (Å²) in [6, 6.07) is 8.23. The molecule has 1 unspecified atom stereocenters. The molecule has 7 heteroatoms. The molecule has 1 saturated heterocycles. The molecule has 1 fully saturated rings. The summed E-state index contributed by atoms with van der Waals surface area (Å²) in [4.78, 5) is 42.3. The normalized spacial score (nSPS) is 27.3. The lowest BCUT2D eigenvalue weighted by Gasteiger charge is -2.34. The molecule has 1 aromatic carbocycles. The maximum absolute atomic E-state index is 14.0. The van der Waals surface area contributed by atoms with E-state index >= 15 is 0 Å². The van der Waals surface area contributed by atoms with Crippen molar-refractivity contribution in [3.63, 3.8) is 0 Å². The first kappa shape index (κ1) is 26.9. The monoisotopic (exact) mass is 484 g/mol. The predicted octanol–water partition coefficient (Wildman–Crippen LogP) is 3.11. The highest BCUT2D eigenvalue weighted by atomic mass is 16.5. The quantitative estimate of drug-likeness (QED) is 0.372. The van der Waals surface area contributed by atoms with Gasteiger partial charge in [-0.1, -0.05) is 62.8 Å². The smallest absolute Gasteiger partial charge is 0.310 e. The molecule has 0 spiro atoms. The maximum Gasteiger partial charge on any atom is 0.310 e. The number of allylic oxidation sites excluding steroid dienone is 1. The van der Waals surface area contributed by atoms with E-state index in [2.05, 4.69) is 12.2 Å². The average molecular weight is 485 g/mol. The van der Waals surface area contributed by atoms with Gasteiger partial charge in [-0.25, -0.2) is 0 Å². The molecule has 2 amide bonds. The number of aliphatic hydroxyl groups excluding tert-OH is 1. The number of ether oxygens (including phenoxy) is 1. The van der Waals surface area contributed by atoms with E-state index in [1.54, 1.807) is 11.8 Å². The van der Waals surface area contributed by atoms with E-state index in [4.69, 9.17) is 4.74 Å². The van der Waals surface area contributed by atoms with Crippen molar-refractivity contribution in [2.45, 2.75) is 71.5 Å². The average Bonchev–Trinajstić information content (AvgIpc) is 3.15. The van der Waals surface area contributed by atoms with E-state index in [0.717, 1.165) is 18.4 Å². The van der Waals surface area contributed by atoms with Crippen LogP contribution in [0.25, 0.3) is 0 Å². The number of hydrogen-bond donors (Lipinski definition) is 2. The van der Waals surface area contributed by atoms with Crippen LogP contribution >= 0.6 is 0 Å². The van der Waals surface area contributed by atoms with Gasteiger partial charge < -0.3 is 20.1 Å². The SMILES string of the molecule is CCCC(C)NC(=O)[C@@H]1[C@H]2C=C[C@@H](CC)[C@@H](C(=O)OCC)[C@H]2C(=O)N1[C@@H](CO)Cc1ccccc1. The molecule has 1 heterocycles. The summed E-state index contributed by atoms with van der Waals surface area (Å²) < 4.78 is 5.39. The molecule has 0 aromatic heterocycles. The minimum absolute atomic E-state index is 0.0398. The van der Waals surface area contributed by atoms with Gasteiger partial charge in [0.25, 0.3) is 0 Å². The Hall–Kier alpha value is -2.67. The summed E-state index contributed by atoms with van der Waals surface area (Å²) in [7, 11) is 0. The molecular weight excluding hydrogens is 444 g/mol. The van der Waals surface area contributed by atoms with Gasteiger partial charge in [0.2, 0.25) is 11.8 Å². The van der Waals surface area contributed by atoms with E-state index in [0.29, 0.717) is 12.8 Å². The third-order valence-electron chi connectivity index (χ3n) is 7.37. The Morgan fingerprint density at radius 3 is 2.46 bits per heavy atom. The van der Waals surface area contributed by atoms with Crippen LogP contribution in [0.2, 0.25) is 0 Å². The van der Waals surface area contributed by atoms with Crippen LogP contribution in [0.5, 0.6) is 0 Å². The number of benzene rings is 1. The van der Waals surface area contributed by atoms with Gasteiger partial charge in [-0.15, -0.1) is 0 Å². The zero-order valence-electron chi connectivity index (χ0n) is 21.4. The Bertz CT molecular complexity index is 902. The summed E-state index contributed by atoms with van der Waals surface area (Å²) in [6.07, 6.45) is 6.78. The lowest BCUT2D eigenvalue weighted by atomic mass is 9.69. The van der Waals surface area contributed by atoms with Gasteiger partial charge in [0, 0.05) is 12.0 Å². The van der Waals surface area contributed by atoms with Crippen molar-refractivity contribution in [1.29, 1.82) is 0 Å². The molecular formula is C28H40N2O5. The number of carbonyl (C=O) groups excluding carboxylic acids is 3. The van der Waals surface area contributed by atoms with Gasteiger partial charge >= 0.3 is 5.97 Å². The molecule has 1 aliphatic carbocycles. The summed E-state index contributed by atoms with van der Waals surface area (Å²) in [5.74, 6) is -2.81. The third kappa shape index (κ3) is 5.77.